The van der Waals surface area contributed by atoms with Crippen LogP contribution in [0.4, 0.5) is 6.01 Å². The van der Waals surface area contributed by atoms with Gasteiger partial charge in [-0.25, -0.2) is 9.78 Å². The number of carbonyl (C=O) groups is 1. The van der Waals surface area contributed by atoms with Gasteiger partial charge in [-0.05, 0) is 29.8 Å². The first-order chi connectivity index (χ1) is 13.6. The average Bonchev–Trinajstić information content (AvgIpc) is 3.10. The van der Waals surface area contributed by atoms with Crippen molar-refractivity contribution in [3.63, 3.8) is 0 Å². The Bertz CT molecular complexity index is 1160. The number of hydrogen-bond acceptors (Lipinski definition) is 6. The average molecular weight is 440 g/mol. The van der Waals surface area contributed by atoms with Crippen LogP contribution in [0.15, 0.2) is 69.7 Å². The molecule has 0 fully saturated rings. The summed E-state index contributed by atoms with van der Waals surface area (Å²) < 4.78 is 12.5. The number of pyridine rings is 1. The molecule has 0 spiro atoms. The molecule has 2 aromatic heterocycles. The van der Waals surface area contributed by atoms with Gasteiger partial charge in [0.15, 0.2) is 11.3 Å². The SMILES string of the molecule is O=C(O)c1cc(Oc2ccc3nc(NCc4ccccc4Br)oc3c2)ccn1. The molecule has 0 aliphatic carbocycles. The zero-order valence-corrected chi connectivity index (χ0v) is 16.0. The lowest BCUT2D eigenvalue weighted by atomic mass is 10.2. The van der Waals surface area contributed by atoms with E-state index in [2.05, 4.69) is 31.2 Å². The second kappa shape index (κ2) is 7.69. The normalized spacial score (nSPS) is 10.8. The fraction of sp³-hybridized carbons (Fsp3) is 0.0500. The van der Waals surface area contributed by atoms with E-state index in [0.29, 0.717) is 35.2 Å². The largest absolute Gasteiger partial charge is 0.477 e. The Morgan fingerprint density at radius 3 is 2.79 bits per heavy atom. The van der Waals surface area contributed by atoms with Crippen molar-refractivity contribution in [3.05, 3.63) is 76.5 Å². The van der Waals surface area contributed by atoms with Crippen molar-refractivity contribution in [2.45, 2.75) is 6.54 Å². The predicted molar refractivity (Wildman–Crippen MR) is 107 cm³/mol. The van der Waals surface area contributed by atoms with Gasteiger partial charge in [0.25, 0.3) is 6.01 Å². The van der Waals surface area contributed by atoms with E-state index < -0.39 is 5.97 Å². The van der Waals surface area contributed by atoms with Crippen LogP contribution in [0.3, 0.4) is 0 Å². The van der Waals surface area contributed by atoms with Crippen LogP contribution in [-0.4, -0.2) is 21.0 Å². The van der Waals surface area contributed by atoms with E-state index in [4.69, 9.17) is 14.3 Å². The lowest BCUT2D eigenvalue weighted by Crippen LogP contribution is -1.99. The van der Waals surface area contributed by atoms with Crippen LogP contribution in [0.5, 0.6) is 11.5 Å². The smallest absolute Gasteiger partial charge is 0.354 e. The Kier molecular flexibility index (Phi) is 4.94. The maximum Gasteiger partial charge on any atom is 0.354 e. The number of hydrogen-bond donors (Lipinski definition) is 2. The van der Waals surface area contributed by atoms with E-state index in [9.17, 15) is 4.79 Å². The first-order valence-electron chi connectivity index (χ1n) is 8.33. The van der Waals surface area contributed by atoms with Crippen molar-refractivity contribution in [2.24, 2.45) is 0 Å². The Balaban J connectivity index is 1.51. The molecule has 2 heterocycles. The van der Waals surface area contributed by atoms with Crippen molar-refractivity contribution in [1.29, 1.82) is 0 Å². The number of rotatable bonds is 6. The third-order valence-electron chi connectivity index (χ3n) is 3.93. The van der Waals surface area contributed by atoms with E-state index in [1.54, 1.807) is 24.3 Å². The summed E-state index contributed by atoms with van der Waals surface area (Å²) in [6.07, 6.45) is 1.38. The van der Waals surface area contributed by atoms with E-state index in [1.807, 2.05) is 24.3 Å². The monoisotopic (exact) mass is 439 g/mol. The van der Waals surface area contributed by atoms with Gasteiger partial charge in [0.05, 0.1) is 0 Å². The molecule has 2 aromatic carbocycles. The fourth-order valence-electron chi connectivity index (χ4n) is 2.58. The van der Waals surface area contributed by atoms with Crippen molar-refractivity contribution >= 4 is 39.0 Å². The van der Waals surface area contributed by atoms with Crippen molar-refractivity contribution in [2.75, 3.05) is 5.32 Å². The molecule has 0 aliphatic rings. The van der Waals surface area contributed by atoms with Gasteiger partial charge in [-0.15, -0.1) is 0 Å². The first-order valence-corrected chi connectivity index (χ1v) is 9.13. The van der Waals surface area contributed by atoms with E-state index >= 15 is 0 Å². The summed E-state index contributed by atoms with van der Waals surface area (Å²) in [6.45, 7) is 0.562. The number of benzene rings is 2. The maximum atomic E-state index is 11.0. The second-order valence-corrected chi connectivity index (χ2v) is 6.73. The van der Waals surface area contributed by atoms with Gasteiger partial charge < -0.3 is 19.6 Å². The minimum Gasteiger partial charge on any atom is -0.477 e. The third-order valence-corrected chi connectivity index (χ3v) is 4.71. The molecule has 0 aliphatic heterocycles. The lowest BCUT2D eigenvalue weighted by Gasteiger charge is -2.05. The minimum absolute atomic E-state index is 0.0863. The zero-order chi connectivity index (χ0) is 19.5. The molecule has 4 rings (SSSR count). The first kappa shape index (κ1) is 18.0. The van der Waals surface area contributed by atoms with Gasteiger partial charge in [0, 0.05) is 29.3 Å². The molecule has 0 bridgehead atoms. The lowest BCUT2D eigenvalue weighted by molar-refractivity contribution is 0.0690. The molecule has 0 saturated carbocycles. The molecule has 0 atom stereocenters. The van der Waals surface area contributed by atoms with Crippen LogP contribution < -0.4 is 10.1 Å². The summed E-state index contributed by atoms with van der Waals surface area (Å²) in [5.41, 5.74) is 2.24. The molecule has 0 saturated heterocycles. The number of carboxylic acid groups (broad SMARTS) is 1. The predicted octanol–water partition coefficient (Wildman–Crippen LogP) is 5.09. The fourth-order valence-corrected chi connectivity index (χ4v) is 3.01. The molecule has 8 heteroatoms. The minimum atomic E-state index is -1.11. The Morgan fingerprint density at radius 2 is 1.96 bits per heavy atom. The van der Waals surface area contributed by atoms with E-state index in [1.165, 1.54) is 12.3 Å². The number of fused-ring (bicyclic) bond motifs is 1. The molecule has 0 unspecified atom stereocenters. The highest BCUT2D eigenvalue weighted by Gasteiger charge is 2.10. The zero-order valence-electron chi connectivity index (χ0n) is 14.4. The highest BCUT2D eigenvalue weighted by Crippen LogP contribution is 2.28. The Labute approximate surface area is 168 Å². The Hall–Kier alpha value is -3.39. The number of halogens is 1. The highest BCUT2D eigenvalue weighted by molar-refractivity contribution is 9.10. The molecule has 140 valence electrons. The molecule has 7 nitrogen and oxygen atoms in total. The van der Waals surface area contributed by atoms with Crippen LogP contribution in [-0.2, 0) is 6.54 Å². The third kappa shape index (κ3) is 3.96. The molecule has 4 aromatic rings. The van der Waals surface area contributed by atoms with Crippen LogP contribution in [0.25, 0.3) is 11.1 Å². The summed E-state index contributed by atoms with van der Waals surface area (Å²) in [5.74, 6) is -0.237. The molecule has 0 amide bonds. The Morgan fingerprint density at radius 1 is 1.14 bits per heavy atom. The van der Waals surface area contributed by atoms with Crippen molar-refractivity contribution in [3.8, 4) is 11.5 Å². The molecular weight excluding hydrogens is 426 g/mol. The second-order valence-electron chi connectivity index (χ2n) is 5.88. The van der Waals surface area contributed by atoms with Gasteiger partial charge in [-0.1, -0.05) is 34.1 Å². The van der Waals surface area contributed by atoms with Crippen molar-refractivity contribution in [1.82, 2.24) is 9.97 Å². The quantitative estimate of drug-likeness (QED) is 0.431. The maximum absolute atomic E-state index is 11.0. The van der Waals surface area contributed by atoms with E-state index in [-0.39, 0.29) is 5.69 Å². The van der Waals surface area contributed by atoms with Gasteiger partial charge >= 0.3 is 5.97 Å². The van der Waals surface area contributed by atoms with Crippen molar-refractivity contribution < 1.29 is 19.1 Å². The van der Waals surface area contributed by atoms with Crippen LogP contribution >= 0.6 is 15.9 Å². The number of aromatic carboxylic acids is 1. The molecular formula is C20H14BrN3O4. The van der Waals surface area contributed by atoms with Crippen LogP contribution in [0, 0.1) is 0 Å². The van der Waals surface area contributed by atoms with Gasteiger partial charge in [-0.2, -0.15) is 4.98 Å². The number of nitrogens with zero attached hydrogens (tertiary/aromatic N) is 2. The topological polar surface area (TPSA) is 97.5 Å². The van der Waals surface area contributed by atoms with Gasteiger partial charge in [-0.3, -0.25) is 0 Å². The van der Waals surface area contributed by atoms with E-state index in [0.717, 1.165) is 10.0 Å². The summed E-state index contributed by atoms with van der Waals surface area (Å²) in [6, 6.07) is 16.5. The molecule has 0 radical (unpaired) electrons. The van der Waals surface area contributed by atoms with Crippen LogP contribution in [0.2, 0.25) is 0 Å². The number of nitrogens with one attached hydrogen (secondary N) is 1. The summed E-state index contributed by atoms with van der Waals surface area (Å²) >= 11 is 3.51. The van der Waals surface area contributed by atoms with Crippen LogP contribution in [0.1, 0.15) is 16.1 Å². The standard InChI is InChI=1S/C20H14BrN3O4/c21-15-4-2-1-3-12(15)11-23-20-24-16-6-5-13(10-18(16)28-20)27-14-7-8-22-17(9-14)19(25)26/h1-10H,11H2,(H,23,24)(H,25,26). The molecule has 28 heavy (non-hydrogen) atoms. The number of oxazole rings is 1. The summed E-state index contributed by atoms with van der Waals surface area (Å²) in [7, 11) is 0. The van der Waals surface area contributed by atoms with Gasteiger partial charge in [0.1, 0.15) is 17.0 Å². The highest BCUT2D eigenvalue weighted by atomic mass is 79.9. The summed E-state index contributed by atoms with van der Waals surface area (Å²) in [4.78, 5) is 19.2. The van der Waals surface area contributed by atoms with Gasteiger partial charge in [0.2, 0.25) is 0 Å². The number of carboxylic acids is 1. The molecule has 2 N–H and O–H groups in total. The number of anilines is 1. The summed E-state index contributed by atoms with van der Waals surface area (Å²) in [5, 5.41) is 12.2. The number of aromatic nitrogens is 2. The number of ether oxygens (including phenoxy) is 1.